The van der Waals surface area contributed by atoms with Gasteiger partial charge in [0.15, 0.2) is 11.6 Å². The van der Waals surface area contributed by atoms with Crippen molar-refractivity contribution in [2.75, 3.05) is 31.7 Å². The number of nitrogens with zero attached hydrogens (tertiary/aromatic N) is 2. The zero-order chi connectivity index (χ0) is 14.4. The van der Waals surface area contributed by atoms with Crippen LogP contribution in [0.1, 0.15) is 31.7 Å². The predicted octanol–water partition coefficient (Wildman–Crippen LogP) is 2.34. The zero-order valence-electron chi connectivity index (χ0n) is 12.4. The highest BCUT2D eigenvalue weighted by molar-refractivity contribution is 5.43. The number of hydrogen-bond acceptors (Lipinski definition) is 4. The Morgan fingerprint density at radius 1 is 1.45 bits per heavy atom. The molecule has 1 aliphatic heterocycles. The van der Waals surface area contributed by atoms with Crippen molar-refractivity contribution in [3.05, 3.63) is 23.6 Å². The smallest absolute Gasteiger partial charge is 0.170 e. The molecule has 1 aliphatic rings. The molecule has 1 saturated heterocycles. The Hall–Kier alpha value is -1.20. The molecule has 5 heteroatoms. The Balaban J connectivity index is 2.08. The van der Waals surface area contributed by atoms with Crippen molar-refractivity contribution in [3.8, 4) is 0 Å². The van der Waals surface area contributed by atoms with Gasteiger partial charge >= 0.3 is 0 Å². The fourth-order valence-electron chi connectivity index (χ4n) is 2.50. The summed E-state index contributed by atoms with van der Waals surface area (Å²) in [5, 5.41) is 3.23. The molecule has 0 aromatic carbocycles. The van der Waals surface area contributed by atoms with Gasteiger partial charge < -0.3 is 15.0 Å². The SMILES string of the molecule is CCCNCc1ccnc(N(C)C2CCOCC2)c1F. The Labute approximate surface area is 120 Å². The average Bonchev–Trinajstić information content (AvgIpc) is 2.49. The summed E-state index contributed by atoms with van der Waals surface area (Å²) in [5.74, 6) is 0.248. The van der Waals surface area contributed by atoms with Crippen molar-refractivity contribution in [2.45, 2.75) is 38.8 Å². The summed E-state index contributed by atoms with van der Waals surface area (Å²) < 4.78 is 19.9. The fraction of sp³-hybridized carbons (Fsp3) is 0.667. The molecular weight excluding hydrogens is 257 g/mol. The first kappa shape index (κ1) is 15.2. The lowest BCUT2D eigenvalue weighted by atomic mass is 10.1. The second-order valence-corrected chi connectivity index (χ2v) is 5.24. The molecule has 0 bridgehead atoms. The van der Waals surface area contributed by atoms with Crippen LogP contribution in [0.2, 0.25) is 0 Å². The highest BCUT2D eigenvalue weighted by atomic mass is 19.1. The first-order valence-electron chi connectivity index (χ1n) is 7.38. The third-order valence-corrected chi connectivity index (χ3v) is 3.77. The van der Waals surface area contributed by atoms with Gasteiger partial charge in [-0.15, -0.1) is 0 Å². The van der Waals surface area contributed by atoms with Gasteiger partial charge in [0.2, 0.25) is 0 Å². The maximum absolute atomic E-state index is 14.5. The van der Waals surface area contributed by atoms with E-state index in [0.717, 1.165) is 39.0 Å². The standard InChI is InChI=1S/C15H24FN3O/c1-3-7-17-11-12-4-8-18-15(14(12)16)19(2)13-5-9-20-10-6-13/h4,8,13,17H,3,5-7,9-11H2,1-2H3. The molecule has 20 heavy (non-hydrogen) atoms. The topological polar surface area (TPSA) is 37.4 Å². The molecule has 4 nitrogen and oxygen atoms in total. The van der Waals surface area contributed by atoms with Gasteiger partial charge in [-0.1, -0.05) is 6.92 Å². The van der Waals surface area contributed by atoms with Crippen molar-refractivity contribution in [3.63, 3.8) is 0 Å². The molecule has 1 fully saturated rings. The number of rotatable bonds is 6. The maximum atomic E-state index is 14.5. The third-order valence-electron chi connectivity index (χ3n) is 3.77. The number of aromatic nitrogens is 1. The predicted molar refractivity (Wildman–Crippen MR) is 78.4 cm³/mol. The van der Waals surface area contributed by atoms with E-state index in [9.17, 15) is 4.39 Å². The van der Waals surface area contributed by atoms with Gasteiger partial charge in [-0.2, -0.15) is 0 Å². The van der Waals surface area contributed by atoms with Crippen molar-refractivity contribution in [2.24, 2.45) is 0 Å². The highest BCUT2D eigenvalue weighted by Crippen LogP contribution is 2.23. The van der Waals surface area contributed by atoms with Gasteiger partial charge in [-0.05, 0) is 31.9 Å². The third kappa shape index (κ3) is 3.67. The van der Waals surface area contributed by atoms with Crippen LogP contribution < -0.4 is 10.2 Å². The molecule has 0 saturated carbocycles. The quantitative estimate of drug-likeness (QED) is 0.812. The second kappa shape index (κ2) is 7.55. The van der Waals surface area contributed by atoms with Crippen LogP contribution in [0.15, 0.2) is 12.3 Å². The van der Waals surface area contributed by atoms with Crippen LogP contribution >= 0.6 is 0 Å². The largest absolute Gasteiger partial charge is 0.381 e. The first-order valence-corrected chi connectivity index (χ1v) is 7.38. The minimum atomic E-state index is -0.204. The normalized spacial score (nSPS) is 16.4. The molecule has 2 heterocycles. The van der Waals surface area contributed by atoms with E-state index in [0.29, 0.717) is 24.0 Å². The van der Waals surface area contributed by atoms with Crippen LogP contribution in [-0.4, -0.2) is 37.8 Å². The molecule has 1 aromatic rings. The Kier molecular flexibility index (Phi) is 5.73. The van der Waals surface area contributed by atoms with Gasteiger partial charge in [0, 0.05) is 44.6 Å². The number of nitrogens with one attached hydrogen (secondary N) is 1. The molecule has 0 amide bonds. The van der Waals surface area contributed by atoms with E-state index in [4.69, 9.17) is 4.74 Å². The summed E-state index contributed by atoms with van der Waals surface area (Å²) in [7, 11) is 1.92. The Morgan fingerprint density at radius 3 is 2.90 bits per heavy atom. The molecule has 0 spiro atoms. The van der Waals surface area contributed by atoms with E-state index < -0.39 is 0 Å². The lowest BCUT2D eigenvalue weighted by molar-refractivity contribution is 0.0852. The molecule has 1 N–H and O–H groups in total. The fourth-order valence-corrected chi connectivity index (χ4v) is 2.50. The van der Waals surface area contributed by atoms with E-state index in [1.807, 2.05) is 11.9 Å². The first-order chi connectivity index (χ1) is 9.74. The van der Waals surface area contributed by atoms with Crippen LogP contribution in [0.4, 0.5) is 10.2 Å². The van der Waals surface area contributed by atoms with Crippen LogP contribution in [0, 0.1) is 5.82 Å². The summed E-state index contributed by atoms with van der Waals surface area (Å²) in [5.41, 5.74) is 0.683. The monoisotopic (exact) mass is 281 g/mol. The number of pyridine rings is 1. The number of halogens is 1. The van der Waals surface area contributed by atoms with Crippen molar-refractivity contribution in [1.29, 1.82) is 0 Å². The molecule has 0 unspecified atom stereocenters. The van der Waals surface area contributed by atoms with Gasteiger partial charge in [-0.3, -0.25) is 0 Å². The Morgan fingerprint density at radius 2 is 2.20 bits per heavy atom. The maximum Gasteiger partial charge on any atom is 0.170 e. The molecule has 0 aliphatic carbocycles. The van der Waals surface area contributed by atoms with Gasteiger partial charge in [0.25, 0.3) is 0 Å². The molecule has 2 rings (SSSR count). The summed E-state index contributed by atoms with van der Waals surface area (Å²) >= 11 is 0. The van der Waals surface area contributed by atoms with Crippen LogP contribution in [0.5, 0.6) is 0 Å². The molecule has 1 aromatic heterocycles. The van der Waals surface area contributed by atoms with Gasteiger partial charge in [0.05, 0.1) is 0 Å². The summed E-state index contributed by atoms with van der Waals surface area (Å²) in [6, 6.07) is 2.06. The number of hydrogen-bond donors (Lipinski definition) is 1. The lowest BCUT2D eigenvalue weighted by Crippen LogP contribution is -2.37. The number of anilines is 1. The van der Waals surface area contributed by atoms with E-state index in [1.54, 1.807) is 12.3 Å². The van der Waals surface area contributed by atoms with Crippen LogP contribution in [0.25, 0.3) is 0 Å². The van der Waals surface area contributed by atoms with Crippen molar-refractivity contribution < 1.29 is 9.13 Å². The van der Waals surface area contributed by atoms with E-state index >= 15 is 0 Å². The summed E-state index contributed by atoms with van der Waals surface area (Å²) in [4.78, 5) is 6.18. The molecule has 0 radical (unpaired) electrons. The Bertz CT molecular complexity index is 422. The van der Waals surface area contributed by atoms with Gasteiger partial charge in [-0.25, -0.2) is 9.37 Å². The minimum Gasteiger partial charge on any atom is -0.381 e. The molecule has 0 atom stereocenters. The van der Waals surface area contributed by atoms with E-state index in [-0.39, 0.29) is 5.82 Å². The van der Waals surface area contributed by atoms with Gasteiger partial charge in [0.1, 0.15) is 0 Å². The average molecular weight is 281 g/mol. The number of ether oxygens (including phenoxy) is 1. The van der Waals surface area contributed by atoms with E-state index in [2.05, 4.69) is 17.2 Å². The minimum absolute atomic E-state index is 0.204. The molecular formula is C15H24FN3O. The highest BCUT2D eigenvalue weighted by Gasteiger charge is 2.22. The summed E-state index contributed by atoms with van der Waals surface area (Å²) in [6.07, 6.45) is 4.59. The summed E-state index contributed by atoms with van der Waals surface area (Å²) in [6.45, 7) is 5.03. The van der Waals surface area contributed by atoms with Crippen LogP contribution in [-0.2, 0) is 11.3 Å². The second-order valence-electron chi connectivity index (χ2n) is 5.24. The van der Waals surface area contributed by atoms with Crippen molar-refractivity contribution >= 4 is 5.82 Å². The zero-order valence-corrected chi connectivity index (χ0v) is 12.4. The van der Waals surface area contributed by atoms with Crippen LogP contribution in [0.3, 0.4) is 0 Å². The molecule has 112 valence electrons. The van der Waals surface area contributed by atoms with E-state index in [1.165, 1.54) is 0 Å². The lowest BCUT2D eigenvalue weighted by Gasteiger charge is -2.32. The van der Waals surface area contributed by atoms with Crippen molar-refractivity contribution in [1.82, 2.24) is 10.3 Å².